The Balaban J connectivity index is 1.89. The number of benzene rings is 2. The third-order valence-corrected chi connectivity index (χ3v) is 4.46. The van der Waals surface area contributed by atoms with E-state index in [2.05, 4.69) is 54.1 Å². The minimum absolute atomic E-state index is 0.0918. The highest BCUT2D eigenvalue weighted by Gasteiger charge is 2.19. The topological polar surface area (TPSA) is 50.1 Å². The number of imidazole rings is 1. The lowest BCUT2D eigenvalue weighted by molar-refractivity contribution is 0.259. The Hall–Kier alpha value is -2.17. The lowest BCUT2D eigenvalue weighted by Crippen LogP contribution is -2.27. The number of aryl methyl sites for hydroxylation is 1. The van der Waals surface area contributed by atoms with Crippen molar-refractivity contribution in [2.75, 3.05) is 6.61 Å². The van der Waals surface area contributed by atoms with Crippen LogP contribution in [0.4, 0.5) is 0 Å². The molecule has 126 valence electrons. The van der Waals surface area contributed by atoms with E-state index in [9.17, 15) is 5.11 Å². The van der Waals surface area contributed by atoms with E-state index in [4.69, 9.17) is 4.98 Å². The summed E-state index contributed by atoms with van der Waals surface area (Å²) in [6.07, 6.45) is 0.681. The molecule has 0 radical (unpaired) electrons. The zero-order valence-electron chi connectivity index (χ0n) is 14.3. The van der Waals surface area contributed by atoms with Gasteiger partial charge >= 0.3 is 0 Å². The lowest BCUT2D eigenvalue weighted by atomic mass is 10.0. The number of hydrogen-bond donors (Lipinski definition) is 2. The molecule has 0 amide bonds. The summed E-state index contributed by atoms with van der Waals surface area (Å²) in [6, 6.07) is 18.7. The second-order valence-corrected chi connectivity index (χ2v) is 6.07. The molecule has 1 aromatic heterocycles. The molecule has 4 nitrogen and oxygen atoms in total. The molecular formula is C20H25N3O. The molecule has 4 heteroatoms. The number of rotatable bonds is 7. The highest BCUT2D eigenvalue weighted by molar-refractivity contribution is 5.76. The Bertz CT molecular complexity index is 782. The molecule has 0 fully saturated rings. The summed E-state index contributed by atoms with van der Waals surface area (Å²) in [5, 5.41) is 13.1. The zero-order valence-corrected chi connectivity index (χ0v) is 14.3. The number of nitrogens with one attached hydrogen (secondary N) is 1. The number of nitrogens with zero attached hydrogens (tertiary/aromatic N) is 2. The molecule has 3 rings (SSSR count). The first-order chi connectivity index (χ1) is 11.7. The largest absolute Gasteiger partial charge is 0.396 e. The van der Waals surface area contributed by atoms with E-state index < -0.39 is 0 Å². The summed E-state index contributed by atoms with van der Waals surface area (Å²) >= 11 is 0. The first kappa shape index (κ1) is 16.7. The summed E-state index contributed by atoms with van der Waals surface area (Å²) in [7, 11) is 0. The molecule has 3 aromatic rings. The maximum Gasteiger partial charge on any atom is 0.126 e. The van der Waals surface area contributed by atoms with Gasteiger partial charge in [-0.3, -0.25) is 0 Å². The molecule has 0 aliphatic carbocycles. The first-order valence-corrected chi connectivity index (χ1v) is 8.61. The Labute approximate surface area is 143 Å². The number of aliphatic hydroxyl groups excluding tert-OH is 1. The van der Waals surface area contributed by atoms with Crippen molar-refractivity contribution in [2.24, 2.45) is 0 Å². The average Bonchev–Trinajstić information content (AvgIpc) is 3.01. The normalized spacial score (nSPS) is 14.0. The van der Waals surface area contributed by atoms with Crippen molar-refractivity contribution in [3.05, 3.63) is 66.0 Å². The third kappa shape index (κ3) is 3.35. The summed E-state index contributed by atoms with van der Waals surface area (Å²) in [4.78, 5) is 4.83. The summed E-state index contributed by atoms with van der Waals surface area (Å²) in [5.41, 5.74) is 3.39. The van der Waals surface area contributed by atoms with Crippen LogP contribution in [0.5, 0.6) is 0 Å². The Morgan fingerprint density at radius 2 is 1.79 bits per heavy atom. The van der Waals surface area contributed by atoms with Crippen LogP contribution in [0.1, 0.15) is 43.7 Å². The molecule has 0 saturated carbocycles. The van der Waals surface area contributed by atoms with Gasteiger partial charge in [-0.15, -0.1) is 0 Å². The van der Waals surface area contributed by atoms with Crippen LogP contribution in [0.2, 0.25) is 0 Å². The van der Waals surface area contributed by atoms with E-state index in [1.54, 1.807) is 0 Å². The van der Waals surface area contributed by atoms with Gasteiger partial charge in [-0.05, 0) is 38.0 Å². The van der Waals surface area contributed by atoms with Crippen LogP contribution in [0.3, 0.4) is 0 Å². The predicted octanol–water partition coefficient (Wildman–Crippen LogP) is 3.83. The fourth-order valence-corrected chi connectivity index (χ4v) is 3.29. The van der Waals surface area contributed by atoms with Gasteiger partial charge in [0.25, 0.3) is 0 Å². The summed E-state index contributed by atoms with van der Waals surface area (Å²) in [6.45, 7) is 5.33. The van der Waals surface area contributed by atoms with E-state index >= 15 is 0 Å². The van der Waals surface area contributed by atoms with Crippen molar-refractivity contribution >= 4 is 11.0 Å². The van der Waals surface area contributed by atoms with E-state index in [0.717, 1.165) is 17.9 Å². The van der Waals surface area contributed by atoms with E-state index in [1.807, 2.05) is 24.3 Å². The van der Waals surface area contributed by atoms with Crippen LogP contribution in [0.25, 0.3) is 11.0 Å². The monoisotopic (exact) mass is 323 g/mol. The van der Waals surface area contributed by atoms with Crippen LogP contribution < -0.4 is 5.32 Å². The Morgan fingerprint density at radius 1 is 1.08 bits per heavy atom. The van der Waals surface area contributed by atoms with E-state index in [-0.39, 0.29) is 18.7 Å². The summed E-state index contributed by atoms with van der Waals surface area (Å²) in [5.74, 6) is 1.04. The molecule has 0 bridgehead atoms. The Morgan fingerprint density at radius 3 is 2.50 bits per heavy atom. The van der Waals surface area contributed by atoms with Gasteiger partial charge in [-0.2, -0.15) is 0 Å². The Kier molecular flexibility index (Phi) is 5.28. The van der Waals surface area contributed by atoms with E-state index in [1.165, 1.54) is 11.1 Å². The van der Waals surface area contributed by atoms with Crippen LogP contribution in [0.15, 0.2) is 54.6 Å². The molecular weight excluding hydrogens is 298 g/mol. The minimum Gasteiger partial charge on any atom is -0.396 e. The van der Waals surface area contributed by atoms with Crippen molar-refractivity contribution in [2.45, 2.75) is 38.9 Å². The van der Waals surface area contributed by atoms with Crippen molar-refractivity contribution in [3.63, 3.8) is 0 Å². The van der Waals surface area contributed by atoms with Gasteiger partial charge in [0.2, 0.25) is 0 Å². The van der Waals surface area contributed by atoms with Gasteiger partial charge in [0.15, 0.2) is 0 Å². The number of aliphatic hydroxyl groups is 1. The molecule has 2 atom stereocenters. The van der Waals surface area contributed by atoms with Gasteiger partial charge in [0.05, 0.1) is 17.1 Å². The van der Waals surface area contributed by atoms with Crippen molar-refractivity contribution in [1.82, 2.24) is 14.9 Å². The third-order valence-electron chi connectivity index (χ3n) is 4.46. The second kappa shape index (κ2) is 7.60. The highest BCUT2D eigenvalue weighted by Crippen LogP contribution is 2.25. The van der Waals surface area contributed by atoms with E-state index in [0.29, 0.717) is 6.42 Å². The molecule has 2 aromatic carbocycles. The van der Waals surface area contributed by atoms with Gasteiger partial charge in [0, 0.05) is 19.2 Å². The lowest BCUT2D eigenvalue weighted by Gasteiger charge is -2.23. The minimum atomic E-state index is 0.0918. The van der Waals surface area contributed by atoms with Gasteiger partial charge in [-0.1, -0.05) is 42.5 Å². The first-order valence-electron chi connectivity index (χ1n) is 8.61. The SMILES string of the molecule is CCn1c(C(C)N[C@H](CCO)c2ccccc2)nc2ccccc21. The fraction of sp³-hybridized carbons (Fsp3) is 0.350. The van der Waals surface area contributed by atoms with Crippen molar-refractivity contribution in [3.8, 4) is 0 Å². The van der Waals surface area contributed by atoms with Crippen LogP contribution in [-0.2, 0) is 6.54 Å². The summed E-state index contributed by atoms with van der Waals surface area (Å²) < 4.78 is 2.26. The number of aromatic nitrogens is 2. The standard InChI is InChI=1S/C20H25N3O/c1-3-23-19-12-8-7-11-18(19)22-20(23)15(2)21-17(13-14-24)16-9-5-4-6-10-16/h4-12,15,17,21,24H,3,13-14H2,1-2H3/t15?,17-/m1/s1. The maximum absolute atomic E-state index is 9.44. The van der Waals surface area contributed by atoms with Gasteiger partial charge < -0.3 is 15.0 Å². The molecule has 2 N–H and O–H groups in total. The van der Waals surface area contributed by atoms with Gasteiger partial charge in [0.1, 0.15) is 5.82 Å². The number of fused-ring (bicyclic) bond motifs is 1. The van der Waals surface area contributed by atoms with Gasteiger partial charge in [-0.25, -0.2) is 4.98 Å². The zero-order chi connectivity index (χ0) is 16.9. The highest BCUT2D eigenvalue weighted by atomic mass is 16.3. The molecule has 24 heavy (non-hydrogen) atoms. The van der Waals surface area contributed by atoms with Crippen LogP contribution in [-0.4, -0.2) is 21.3 Å². The molecule has 0 spiro atoms. The van der Waals surface area contributed by atoms with Crippen molar-refractivity contribution in [1.29, 1.82) is 0 Å². The van der Waals surface area contributed by atoms with Crippen LogP contribution in [0, 0.1) is 0 Å². The number of para-hydroxylation sites is 2. The average molecular weight is 323 g/mol. The molecule has 1 unspecified atom stereocenters. The second-order valence-electron chi connectivity index (χ2n) is 6.07. The quantitative estimate of drug-likeness (QED) is 0.695. The number of hydrogen-bond acceptors (Lipinski definition) is 3. The van der Waals surface area contributed by atoms with Crippen LogP contribution >= 0.6 is 0 Å². The fourth-order valence-electron chi connectivity index (χ4n) is 3.29. The molecule has 1 heterocycles. The van der Waals surface area contributed by atoms with Crippen molar-refractivity contribution < 1.29 is 5.11 Å². The molecule has 0 saturated heterocycles. The smallest absolute Gasteiger partial charge is 0.126 e. The molecule has 0 aliphatic rings. The predicted molar refractivity (Wildman–Crippen MR) is 97.8 cm³/mol. The molecule has 0 aliphatic heterocycles. The maximum atomic E-state index is 9.44.